The van der Waals surface area contributed by atoms with Gasteiger partial charge in [0.05, 0.1) is 12.7 Å². The van der Waals surface area contributed by atoms with Gasteiger partial charge in [0, 0.05) is 25.0 Å². The number of aliphatic hydroxyl groups is 1. The number of ether oxygens (including phenoxy) is 1. The topological polar surface area (TPSA) is 54.4 Å². The van der Waals surface area contributed by atoms with Crippen LogP contribution in [0.4, 0.5) is 0 Å². The third-order valence-corrected chi connectivity index (χ3v) is 4.92. The molecule has 1 saturated carbocycles. The van der Waals surface area contributed by atoms with Crippen LogP contribution in [0.2, 0.25) is 0 Å². The number of benzene rings is 1. The van der Waals surface area contributed by atoms with E-state index in [0.29, 0.717) is 6.54 Å². The molecule has 0 bridgehead atoms. The van der Waals surface area contributed by atoms with E-state index in [1.807, 2.05) is 36.7 Å². The van der Waals surface area contributed by atoms with Crippen LogP contribution < -0.4 is 10.1 Å². The average Bonchev–Trinajstić information content (AvgIpc) is 3.06. The molecule has 1 atom stereocenters. The van der Waals surface area contributed by atoms with E-state index < -0.39 is 5.60 Å². The first-order chi connectivity index (χ1) is 11.7. The molecular weight excluding hydrogens is 300 g/mol. The molecule has 2 N–H and O–H groups in total. The second-order valence-corrected chi connectivity index (χ2v) is 6.70. The van der Waals surface area contributed by atoms with Crippen LogP contribution in [-0.2, 0) is 6.42 Å². The van der Waals surface area contributed by atoms with E-state index in [4.69, 9.17) is 4.74 Å². The number of hydrogen-bond donors (Lipinski definition) is 2. The Bertz CT molecular complexity index is 622. The molecule has 1 unspecified atom stereocenters. The van der Waals surface area contributed by atoms with Crippen LogP contribution in [0.15, 0.2) is 48.8 Å². The highest BCUT2D eigenvalue weighted by molar-refractivity contribution is 5.30. The van der Waals surface area contributed by atoms with Crippen LogP contribution in [0, 0.1) is 0 Å². The van der Waals surface area contributed by atoms with Crippen molar-refractivity contribution < 1.29 is 9.84 Å². The van der Waals surface area contributed by atoms with Crippen molar-refractivity contribution in [1.29, 1.82) is 0 Å². The molecule has 1 aliphatic rings. The molecule has 1 aliphatic carbocycles. The number of pyridine rings is 1. The Morgan fingerprint density at radius 2 is 1.79 bits per heavy atom. The number of methoxy groups -OCH3 is 1. The van der Waals surface area contributed by atoms with Crippen molar-refractivity contribution in [3.05, 3.63) is 59.9 Å². The molecule has 1 fully saturated rings. The Balaban J connectivity index is 1.74. The molecule has 24 heavy (non-hydrogen) atoms. The summed E-state index contributed by atoms with van der Waals surface area (Å²) in [5.41, 5.74) is 1.88. The molecule has 128 valence electrons. The van der Waals surface area contributed by atoms with Crippen LogP contribution in [0.5, 0.6) is 5.75 Å². The zero-order valence-electron chi connectivity index (χ0n) is 14.2. The summed E-state index contributed by atoms with van der Waals surface area (Å²) in [7, 11) is 1.68. The standard InChI is InChI=1S/C20H26N2O2/c1-24-18-6-4-17(5-7-18)19(14-16-8-12-21-13-9-16)22-15-20(23)10-2-3-11-20/h4-9,12-13,19,22-23H,2-3,10-11,14-15H2,1H3. The largest absolute Gasteiger partial charge is 0.497 e. The van der Waals surface area contributed by atoms with Gasteiger partial charge in [-0.25, -0.2) is 0 Å². The molecule has 2 aromatic rings. The van der Waals surface area contributed by atoms with E-state index in [1.165, 1.54) is 11.1 Å². The van der Waals surface area contributed by atoms with Crippen LogP contribution in [0.1, 0.15) is 42.9 Å². The normalized spacial score (nSPS) is 17.6. The van der Waals surface area contributed by atoms with Crippen LogP contribution in [0.25, 0.3) is 0 Å². The molecule has 0 saturated heterocycles. The molecule has 3 rings (SSSR count). The van der Waals surface area contributed by atoms with Crippen molar-refractivity contribution in [2.75, 3.05) is 13.7 Å². The number of nitrogens with one attached hydrogen (secondary N) is 1. The third-order valence-electron chi connectivity index (χ3n) is 4.92. The highest BCUT2D eigenvalue weighted by Crippen LogP contribution is 2.30. The van der Waals surface area contributed by atoms with Gasteiger partial charge in [-0.15, -0.1) is 0 Å². The van der Waals surface area contributed by atoms with Gasteiger partial charge in [0.15, 0.2) is 0 Å². The lowest BCUT2D eigenvalue weighted by molar-refractivity contribution is 0.0448. The highest BCUT2D eigenvalue weighted by atomic mass is 16.5. The fourth-order valence-electron chi connectivity index (χ4n) is 3.42. The minimum Gasteiger partial charge on any atom is -0.497 e. The number of nitrogens with zero attached hydrogens (tertiary/aromatic N) is 1. The first-order valence-corrected chi connectivity index (χ1v) is 8.67. The molecule has 0 amide bonds. The first kappa shape index (κ1) is 16.9. The quantitative estimate of drug-likeness (QED) is 0.820. The van der Waals surface area contributed by atoms with Crippen molar-refractivity contribution >= 4 is 0 Å². The van der Waals surface area contributed by atoms with Crippen molar-refractivity contribution in [3.8, 4) is 5.75 Å². The lowest BCUT2D eigenvalue weighted by Gasteiger charge is -2.27. The fourth-order valence-corrected chi connectivity index (χ4v) is 3.42. The maximum Gasteiger partial charge on any atom is 0.118 e. The van der Waals surface area contributed by atoms with Gasteiger partial charge < -0.3 is 15.2 Å². The predicted molar refractivity (Wildman–Crippen MR) is 95.1 cm³/mol. The van der Waals surface area contributed by atoms with Crippen molar-refractivity contribution in [2.24, 2.45) is 0 Å². The van der Waals surface area contributed by atoms with E-state index >= 15 is 0 Å². The summed E-state index contributed by atoms with van der Waals surface area (Å²) in [6.07, 6.45) is 8.54. The van der Waals surface area contributed by atoms with E-state index in [1.54, 1.807) is 7.11 Å². The van der Waals surface area contributed by atoms with E-state index in [2.05, 4.69) is 22.4 Å². The maximum absolute atomic E-state index is 10.6. The van der Waals surface area contributed by atoms with Gasteiger partial charge >= 0.3 is 0 Å². The maximum atomic E-state index is 10.6. The molecule has 0 spiro atoms. The lowest BCUT2D eigenvalue weighted by Crippen LogP contribution is -2.40. The minimum atomic E-state index is -0.553. The third kappa shape index (κ3) is 4.34. The number of rotatable bonds is 7. The zero-order valence-corrected chi connectivity index (χ0v) is 14.2. The Morgan fingerprint density at radius 1 is 1.12 bits per heavy atom. The Hall–Kier alpha value is -1.91. The summed E-state index contributed by atoms with van der Waals surface area (Å²) in [4.78, 5) is 4.09. The van der Waals surface area contributed by atoms with Gasteiger partial charge in [-0.3, -0.25) is 4.98 Å². The smallest absolute Gasteiger partial charge is 0.118 e. The van der Waals surface area contributed by atoms with Gasteiger partial charge in [0.2, 0.25) is 0 Å². The summed E-state index contributed by atoms with van der Waals surface area (Å²) in [5.74, 6) is 0.857. The fraction of sp³-hybridized carbons (Fsp3) is 0.450. The Labute approximate surface area is 143 Å². The Morgan fingerprint density at radius 3 is 2.42 bits per heavy atom. The van der Waals surface area contributed by atoms with Crippen molar-refractivity contribution in [1.82, 2.24) is 10.3 Å². The minimum absolute atomic E-state index is 0.155. The monoisotopic (exact) mass is 326 g/mol. The summed E-state index contributed by atoms with van der Waals surface area (Å²) in [6.45, 7) is 0.634. The van der Waals surface area contributed by atoms with E-state index in [-0.39, 0.29) is 6.04 Å². The van der Waals surface area contributed by atoms with Crippen molar-refractivity contribution in [2.45, 2.75) is 43.7 Å². The molecular formula is C20H26N2O2. The molecule has 1 aromatic carbocycles. The summed E-state index contributed by atoms with van der Waals surface area (Å²) in [6, 6.07) is 12.4. The summed E-state index contributed by atoms with van der Waals surface area (Å²) in [5, 5.41) is 14.2. The van der Waals surface area contributed by atoms with Crippen molar-refractivity contribution in [3.63, 3.8) is 0 Å². The van der Waals surface area contributed by atoms with Crippen LogP contribution in [-0.4, -0.2) is 29.3 Å². The molecule has 4 heteroatoms. The zero-order chi connectivity index (χ0) is 16.8. The highest BCUT2D eigenvalue weighted by Gasteiger charge is 2.31. The van der Waals surface area contributed by atoms with Crippen LogP contribution >= 0.6 is 0 Å². The summed E-state index contributed by atoms with van der Waals surface area (Å²) < 4.78 is 5.26. The van der Waals surface area contributed by atoms with Gasteiger partial charge in [-0.2, -0.15) is 0 Å². The molecule has 1 aromatic heterocycles. The second-order valence-electron chi connectivity index (χ2n) is 6.70. The van der Waals surface area contributed by atoms with Gasteiger partial charge in [-0.1, -0.05) is 25.0 Å². The van der Waals surface area contributed by atoms with E-state index in [9.17, 15) is 5.11 Å². The predicted octanol–water partition coefficient (Wildman–Crippen LogP) is 3.27. The molecule has 0 radical (unpaired) electrons. The second kappa shape index (κ2) is 7.77. The SMILES string of the molecule is COc1ccc(C(Cc2ccncc2)NCC2(O)CCCC2)cc1. The molecule has 1 heterocycles. The Kier molecular flexibility index (Phi) is 5.48. The lowest BCUT2D eigenvalue weighted by atomic mass is 9.97. The summed E-state index contributed by atoms with van der Waals surface area (Å²) >= 11 is 0. The molecule has 0 aliphatic heterocycles. The van der Waals surface area contributed by atoms with E-state index in [0.717, 1.165) is 37.9 Å². The van der Waals surface area contributed by atoms with Crippen LogP contribution in [0.3, 0.4) is 0 Å². The number of hydrogen-bond acceptors (Lipinski definition) is 4. The first-order valence-electron chi connectivity index (χ1n) is 8.67. The van der Waals surface area contributed by atoms with Gasteiger partial charge in [-0.05, 0) is 54.7 Å². The molecule has 4 nitrogen and oxygen atoms in total. The van der Waals surface area contributed by atoms with Gasteiger partial charge in [0.25, 0.3) is 0 Å². The average molecular weight is 326 g/mol. The van der Waals surface area contributed by atoms with Gasteiger partial charge in [0.1, 0.15) is 5.75 Å². The number of aromatic nitrogens is 1.